The summed E-state index contributed by atoms with van der Waals surface area (Å²) >= 11 is 3.00. The molecule has 0 bridgehead atoms. The normalized spacial score (nSPS) is 13.1. The van der Waals surface area contributed by atoms with Gasteiger partial charge in [-0.25, -0.2) is 0 Å². The van der Waals surface area contributed by atoms with Crippen LogP contribution in [0.1, 0.15) is 11.1 Å². The molecule has 24 heavy (non-hydrogen) atoms. The predicted octanol–water partition coefficient (Wildman–Crippen LogP) is 4.25. The molecule has 2 nitrogen and oxygen atoms in total. The van der Waals surface area contributed by atoms with E-state index in [0.29, 0.717) is 9.06 Å². The topological polar surface area (TPSA) is 40.5 Å². The molecule has 2 N–H and O–H groups in total. The third kappa shape index (κ3) is 1.93. The Morgan fingerprint density at radius 3 is 1.42 bits per heavy atom. The van der Waals surface area contributed by atoms with Crippen molar-refractivity contribution in [1.29, 1.82) is 0 Å². The molecular weight excluding hydrogens is 336 g/mol. The smallest absolute Gasteiger partial charge is 0.143 e. The van der Waals surface area contributed by atoms with E-state index in [1.165, 1.54) is 22.7 Å². The van der Waals surface area contributed by atoms with Crippen LogP contribution in [0.2, 0.25) is 0 Å². The number of aromatic hydroxyl groups is 2. The molecule has 0 fully saturated rings. The molecule has 0 spiro atoms. The highest BCUT2D eigenvalue weighted by Crippen LogP contribution is 2.39. The molecule has 0 saturated heterocycles. The molecule has 0 atom stereocenters. The predicted molar refractivity (Wildman–Crippen MR) is 104 cm³/mol. The van der Waals surface area contributed by atoms with Crippen molar-refractivity contribution in [3.8, 4) is 11.5 Å². The van der Waals surface area contributed by atoms with Gasteiger partial charge in [0, 0.05) is 20.2 Å². The molecule has 0 aliphatic carbocycles. The number of fused-ring (bicyclic) bond motifs is 2. The highest BCUT2D eigenvalue weighted by molar-refractivity contribution is 7.21. The molecule has 120 valence electrons. The van der Waals surface area contributed by atoms with Crippen LogP contribution >= 0.6 is 22.7 Å². The Morgan fingerprint density at radius 1 is 0.708 bits per heavy atom. The lowest BCUT2D eigenvalue weighted by Crippen LogP contribution is -1.97. The first-order chi connectivity index (χ1) is 11.4. The van der Waals surface area contributed by atoms with Crippen LogP contribution in [0.4, 0.5) is 0 Å². The van der Waals surface area contributed by atoms with Crippen LogP contribution in [0.5, 0.6) is 11.5 Å². The highest BCUT2D eigenvalue weighted by atomic mass is 32.1. The van der Waals surface area contributed by atoms with Crippen molar-refractivity contribution in [2.75, 3.05) is 0 Å². The van der Waals surface area contributed by atoms with Gasteiger partial charge in [-0.05, 0) is 35.4 Å². The Kier molecular flexibility index (Phi) is 3.24. The van der Waals surface area contributed by atoms with Crippen LogP contribution in [-0.4, -0.2) is 10.2 Å². The van der Waals surface area contributed by atoms with Gasteiger partial charge < -0.3 is 10.2 Å². The molecule has 0 amide bonds. The van der Waals surface area contributed by atoms with Gasteiger partial charge in [-0.15, -0.1) is 22.7 Å². The van der Waals surface area contributed by atoms with Gasteiger partial charge in [0.25, 0.3) is 0 Å². The lowest BCUT2D eigenvalue weighted by atomic mass is 10.1. The van der Waals surface area contributed by atoms with Crippen LogP contribution < -0.4 is 10.4 Å². The minimum absolute atomic E-state index is 0.203. The second kappa shape index (κ2) is 5.10. The van der Waals surface area contributed by atoms with Gasteiger partial charge >= 0.3 is 0 Å². The van der Waals surface area contributed by atoms with Crippen LogP contribution in [-0.2, 0) is 0 Å². The van der Waals surface area contributed by atoms with Gasteiger partial charge in [-0.3, -0.25) is 0 Å². The van der Waals surface area contributed by atoms with E-state index in [1.54, 1.807) is 0 Å². The summed E-state index contributed by atoms with van der Waals surface area (Å²) in [6, 6.07) is 7.84. The first kappa shape index (κ1) is 15.2. The molecular formula is C20H16O2S2. The van der Waals surface area contributed by atoms with E-state index in [0.717, 1.165) is 41.7 Å². The lowest BCUT2D eigenvalue weighted by Gasteiger charge is -1.95. The van der Waals surface area contributed by atoms with Crippen molar-refractivity contribution in [3.63, 3.8) is 0 Å². The number of hydrogen-bond acceptors (Lipinski definition) is 4. The van der Waals surface area contributed by atoms with E-state index in [4.69, 9.17) is 0 Å². The third-order valence-corrected chi connectivity index (χ3v) is 7.19. The summed E-state index contributed by atoms with van der Waals surface area (Å²) in [6.07, 6.45) is 0. The molecule has 2 heterocycles. The molecule has 4 rings (SSSR count). The van der Waals surface area contributed by atoms with Gasteiger partial charge in [-0.2, -0.15) is 0 Å². The van der Waals surface area contributed by atoms with Gasteiger partial charge in [0.1, 0.15) is 11.5 Å². The molecule has 0 radical (unpaired) electrons. The maximum Gasteiger partial charge on any atom is 0.143 e. The van der Waals surface area contributed by atoms with E-state index in [9.17, 15) is 10.2 Å². The van der Waals surface area contributed by atoms with Crippen molar-refractivity contribution in [1.82, 2.24) is 0 Å². The van der Waals surface area contributed by atoms with E-state index in [-0.39, 0.29) is 11.5 Å². The molecule has 2 aromatic heterocycles. The van der Waals surface area contributed by atoms with Crippen molar-refractivity contribution in [2.45, 2.75) is 13.8 Å². The van der Waals surface area contributed by atoms with E-state index in [2.05, 4.69) is 13.2 Å². The Labute approximate surface area is 146 Å². The summed E-state index contributed by atoms with van der Waals surface area (Å²) in [4.78, 5) is 0. The van der Waals surface area contributed by atoms with Crippen LogP contribution in [0.25, 0.3) is 33.3 Å². The third-order valence-electron chi connectivity index (χ3n) is 4.40. The van der Waals surface area contributed by atoms with Crippen molar-refractivity contribution >= 4 is 56.0 Å². The second-order valence-electron chi connectivity index (χ2n) is 6.05. The van der Waals surface area contributed by atoms with Gasteiger partial charge in [0.2, 0.25) is 0 Å². The van der Waals surface area contributed by atoms with Crippen LogP contribution in [0, 0.1) is 22.9 Å². The van der Waals surface area contributed by atoms with Crippen LogP contribution in [0.15, 0.2) is 24.3 Å². The molecule has 4 aromatic rings. The maximum atomic E-state index is 10.8. The van der Waals surface area contributed by atoms with Crippen molar-refractivity contribution in [2.24, 2.45) is 0 Å². The zero-order valence-corrected chi connectivity index (χ0v) is 15.1. The fourth-order valence-corrected chi connectivity index (χ4v) is 5.63. The van der Waals surface area contributed by atoms with E-state index in [1.807, 2.05) is 38.1 Å². The molecule has 2 aromatic carbocycles. The number of benzene rings is 2. The average molecular weight is 352 g/mol. The minimum atomic E-state index is 0.203. The average Bonchev–Trinajstić information content (AvgIpc) is 3.07. The molecule has 0 unspecified atom stereocenters. The fraction of sp³-hybridized carbons (Fsp3) is 0.100. The zero-order chi connectivity index (χ0) is 17.2. The molecule has 0 aliphatic heterocycles. The SMILES string of the molecule is C=c1ccc(C)c2s/c(=c3/sc4c(C)ccc(=C)c4c3O)c(O)c12. The monoisotopic (exact) mass is 352 g/mol. The van der Waals surface area contributed by atoms with Crippen LogP contribution in [0.3, 0.4) is 0 Å². The number of aryl methyl sites for hydroxylation is 2. The fourth-order valence-electron chi connectivity index (χ4n) is 3.07. The zero-order valence-electron chi connectivity index (χ0n) is 13.4. The summed E-state index contributed by atoms with van der Waals surface area (Å²) in [7, 11) is 0. The van der Waals surface area contributed by atoms with E-state index < -0.39 is 0 Å². The van der Waals surface area contributed by atoms with Gasteiger partial charge in [0.15, 0.2) is 0 Å². The highest BCUT2D eigenvalue weighted by Gasteiger charge is 2.15. The first-order valence-corrected chi connectivity index (χ1v) is 9.18. The van der Waals surface area contributed by atoms with Gasteiger partial charge in [0.05, 0.1) is 9.06 Å². The van der Waals surface area contributed by atoms with Crippen molar-refractivity contribution in [3.05, 3.63) is 54.9 Å². The molecule has 4 heteroatoms. The molecule has 0 aliphatic rings. The largest absolute Gasteiger partial charge is 0.506 e. The summed E-state index contributed by atoms with van der Waals surface area (Å²) < 4.78 is 3.42. The number of rotatable bonds is 0. The first-order valence-electron chi connectivity index (χ1n) is 7.54. The Morgan fingerprint density at radius 2 is 1.08 bits per heavy atom. The number of hydrogen-bond donors (Lipinski definition) is 2. The Bertz CT molecular complexity index is 1220. The summed E-state index contributed by atoms with van der Waals surface area (Å²) in [5.74, 6) is 0.405. The second-order valence-corrected chi connectivity index (χ2v) is 8.09. The number of thiophene rings is 2. The Hall–Kier alpha value is -2.30. The van der Waals surface area contributed by atoms with Gasteiger partial charge in [-0.1, -0.05) is 37.4 Å². The maximum absolute atomic E-state index is 10.8. The summed E-state index contributed by atoms with van der Waals surface area (Å²) in [5.41, 5.74) is 2.19. The summed E-state index contributed by atoms with van der Waals surface area (Å²) in [5, 5.41) is 24.7. The quantitative estimate of drug-likeness (QED) is 0.497. The van der Waals surface area contributed by atoms with E-state index >= 15 is 0 Å². The summed E-state index contributed by atoms with van der Waals surface area (Å²) in [6.45, 7) is 12.1. The molecule has 0 saturated carbocycles. The van der Waals surface area contributed by atoms with Crippen molar-refractivity contribution < 1.29 is 10.2 Å². The standard InChI is InChI=1S/C20H16O2S2/c1-9-5-7-11(3)17-13(9)15(21)19(23-17)20-16(22)14-10(2)6-8-12(4)18(14)24-20/h5-8,21-22H,1-2H2,3-4H3/b20-19+. The minimum Gasteiger partial charge on any atom is -0.506 e. The Balaban J connectivity index is 2.37. The lowest BCUT2D eigenvalue weighted by molar-refractivity contribution is 0.472.